The van der Waals surface area contributed by atoms with Crippen molar-refractivity contribution in [3.8, 4) is 0 Å². The molecule has 5 rings (SSSR count). The fourth-order valence-electron chi connectivity index (χ4n) is 7.68. The predicted octanol–water partition coefficient (Wildman–Crippen LogP) is 1.41. The van der Waals surface area contributed by atoms with Crippen LogP contribution in [0.4, 0.5) is 0 Å². The number of rotatable bonds is 3. The molecule has 3 saturated carbocycles. The van der Waals surface area contributed by atoms with Crippen molar-refractivity contribution in [3.05, 3.63) is 11.6 Å². The molecule has 11 atom stereocenters. The van der Waals surface area contributed by atoms with Crippen molar-refractivity contribution in [1.82, 2.24) is 0 Å². The van der Waals surface area contributed by atoms with Crippen LogP contribution in [0, 0.1) is 29.1 Å². The highest BCUT2D eigenvalue weighted by molar-refractivity contribution is 5.91. The first-order chi connectivity index (χ1) is 15.2. The third kappa shape index (κ3) is 3.46. The van der Waals surface area contributed by atoms with Gasteiger partial charge >= 0.3 is 5.97 Å². The van der Waals surface area contributed by atoms with E-state index in [1.54, 1.807) is 0 Å². The summed E-state index contributed by atoms with van der Waals surface area (Å²) in [6.45, 7) is 2.23. The standard InChI is InChI=1S/C24H34O8/c1-24-9-8-14-13-5-3-12(25)10-11(13)2-4-15(14)16(24)6-7-17(24)31-23-20(28)18(26)19(27)21(32-23)22(29)30/h10,13-21,23,26-28H,2-9H2,1H3,(H,29,30). The highest BCUT2D eigenvalue weighted by atomic mass is 16.7. The molecule has 0 radical (unpaired) electrons. The van der Waals surface area contributed by atoms with Crippen molar-refractivity contribution >= 4 is 11.8 Å². The van der Waals surface area contributed by atoms with E-state index in [0.29, 0.717) is 30.1 Å². The van der Waals surface area contributed by atoms with Crippen molar-refractivity contribution in [3.63, 3.8) is 0 Å². The molecule has 4 fully saturated rings. The van der Waals surface area contributed by atoms with Crippen molar-refractivity contribution in [2.24, 2.45) is 29.1 Å². The van der Waals surface area contributed by atoms with E-state index in [9.17, 15) is 30.0 Å². The normalized spacial score (nSPS) is 50.8. The van der Waals surface area contributed by atoms with E-state index in [1.165, 1.54) is 5.57 Å². The number of fused-ring (bicyclic) bond motifs is 5. The number of aliphatic carboxylic acids is 1. The van der Waals surface area contributed by atoms with Crippen LogP contribution in [0.3, 0.4) is 0 Å². The predicted molar refractivity (Wildman–Crippen MR) is 111 cm³/mol. The van der Waals surface area contributed by atoms with Crippen LogP contribution in [0.2, 0.25) is 0 Å². The highest BCUT2D eigenvalue weighted by Crippen LogP contribution is 2.62. The van der Waals surface area contributed by atoms with Crippen LogP contribution in [-0.2, 0) is 19.1 Å². The minimum absolute atomic E-state index is 0.115. The first-order valence-corrected chi connectivity index (χ1v) is 12.0. The molecule has 4 aliphatic carbocycles. The minimum atomic E-state index is -1.71. The average molecular weight is 451 g/mol. The summed E-state index contributed by atoms with van der Waals surface area (Å²) < 4.78 is 11.6. The molecule has 32 heavy (non-hydrogen) atoms. The van der Waals surface area contributed by atoms with Gasteiger partial charge < -0.3 is 29.9 Å². The topological polar surface area (TPSA) is 134 Å². The van der Waals surface area contributed by atoms with Crippen molar-refractivity contribution < 1.29 is 39.5 Å². The van der Waals surface area contributed by atoms with Gasteiger partial charge in [0.1, 0.15) is 18.3 Å². The maximum absolute atomic E-state index is 11.9. The van der Waals surface area contributed by atoms with Gasteiger partial charge in [0.25, 0.3) is 0 Å². The van der Waals surface area contributed by atoms with Gasteiger partial charge in [-0.1, -0.05) is 12.5 Å². The number of aliphatic hydroxyl groups is 3. The summed E-state index contributed by atoms with van der Waals surface area (Å²) in [5.74, 6) is 1.04. The Hall–Kier alpha value is -1.32. The lowest BCUT2D eigenvalue weighted by molar-refractivity contribution is -0.312. The molecule has 4 N–H and O–H groups in total. The number of ether oxygens (including phenoxy) is 2. The molecule has 0 aromatic carbocycles. The summed E-state index contributed by atoms with van der Waals surface area (Å²) in [4.78, 5) is 23.3. The van der Waals surface area contributed by atoms with Crippen LogP contribution in [0.25, 0.3) is 0 Å². The summed E-state index contributed by atoms with van der Waals surface area (Å²) in [5, 5.41) is 39.8. The Bertz CT molecular complexity index is 810. The first kappa shape index (κ1) is 22.5. The zero-order valence-electron chi connectivity index (χ0n) is 18.4. The quantitative estimate of drug-likeness (QED) is 0.507. The van der Waals surface area contributed by atoms with Crippen molar-refractivity contribution in [2.75, 3.05) is 0 Å². The molecular weight excluding hydrogens is 416 g/mol. The zero-order valence-corrected chi connectivity index (χ0v) is 18.4. The molecule has 8 nitrogen and oxygen atoms in total. The summed E-state index contributed by atoms with van der Waals surface area (Å²) in [6, 6.07) is 0. The van der Waals surface area contributed by atoms with E-state index in [1.807, 2.05) is 6.08 Å². The first-order valence-electron chi connectivity index (χ1n) is 12.0. The van der Waals surface area contributed by atoms with Crippen LogP contribution in [-0.4, -0.2) is 69.0 Å². The van der Waals surface area contributed by atoms with Crippen LogP contribution in [0.15, 0.2) is 11.6 Å². The largest absolute Gasteiger partial charge is 0.479 e. The molecule has 1 saturated heterocycles. The van der Waals surface area contributed by atoms with E-state index < -0.39 is 36.7 Å². The number of aliphatic hydroxyl groups excluding tert-OH is 3. The summed E-state index contributed by atoms with van der Waals surface area (Å²) in [6.07, 6.45) is 1.41. The van der Waals surface area contributed by atoms with E-state index >= 15 is 0 Å². The second kappa shape index (κ2) is 8.17. The van der Waals surface area contributed by atoms with Crippen LogP contribution < -0.4 is 0 Å². The second-order valence-corrected chi connectivity index (χ2v) is 10.8. The molecule has 11 unspecified atom stereocenters. The Morgan fingerprint density at radius 2 is 1.81 bits per heavy atom. The second-order valence-electron chi connectivity index (χ2n) is 10.8. The van der Waals surface area contributed by atoms with Gasteiger partial charge in [-0.2, -0.15) is 0 Å². The third-order valence-electron chi connectivity index (χ3n) is 9.32. The molecule has 0 aromatic heterocycles. The number of ketones is 1. The fraction of sp³-hybridized carbons (Fsp3) is 0.833. The van der Waals surface area contributed by atoms with Gasteiger partial charge in [-0.15, -0.1) is 0 Å². The smallest absolute Gasteiger partial charge is 0.335 e. The molecule has 0 amide bonds. The van der Waals surface area contributed by atoms with Gasteiger partial charge in [-0.25, -0.2) is 4.79 Å². The Morgan fingerprint density at radius 3 is 2.56 bits per heavy atom. The van der Waals surface area contributed by atoms with Crippen LogP contribution in [0.1, 0.15) is 58.3 Å². The number of hydrogen-bond donors (Lipinski definition) is 4. The van der Waals surface area contributed by atoms with Gasteiger partial charge in [-0.3, -0.25) is 4.79 Å². The Kier molecular flexibility index (Phi) is 5.73. The van der Waals surface area contributed by atoms with E-state index in [0.717, 1.165) is 44.9 Å². The van der Waals surface area contributed by atoms with Crippen molar-refractivity contribution in [1.29, 1.82) is 0 Å². The Balaban J connectivity index is 1.31. The molecule has 8 heteroatoms. The molecular formula is C24H34O8. The van der Waals surface area contributed by atoms with Gasteiger partial charge in [0.15, 0.2) is 18.2 Å². The van der Waals surface area contributed by atoms with E-state index in [2.05, 4.69) is 6.92 Å². The summed E-state index contributed by atoms with van der Waals surface area (Å²) >= 11 is 0. The summed E-state index contributed by atoms with van der Waals surface area (Å²) in [7, 11) is 0. The molecule has 0 spiro atoms. The Morgan fingerprint density at radius 1 is 1.03 bits per heavy atom. The van der Waals surface area contributed by atoms with Crippen LogP contribution in [0.5, 0.6) is 0 Å². The lowest BCUT2D eigenvalue weighted by atomic mass is 9.52. The number of carbonyl (C=O) groups excluding carboxylic acids is 1. The maximum Gasteiger partial charge on any atom is 0.335 e. The lowest BCUT2D eigenvalue weighted by Gasteiger charge is -2.54. The van der Waals surface area contributed by atoms with Gasteiger partial charge in [0.05, 0.1) is 6.10 Å². The van der Waals surface area contributed by atoms with Crippen LogP contribution >= 0.6 is 0 Å². The number of hydrogen-bond acceptors (Lipinski definition) is 7. The molecule has 5 aliphatic rings. The highest BCUT2D eigenvalue weighted by Gasteiger charge is 2.58. The monoisotopic (exact) mass is 450 g/mol. The van der Waals surface area contributed by atoms with Gasteiger partial charge in [-0.05, 0) is 80.1 Å². The number of carboxylic acids is 1. The minimum Gasteiger partial charge on any atom is -0.479 e. The molecule has 0 bridgehead atoms. The molecule has 178 valence electrons. The lowest BCUT2D eigenvalue weighted by Crippen LogP contribution is -2.61. The van der Waals surface area contributed by atoms with Crippen molar-refractivity contribution in [2.45, 2.75) is 95.1 Å². The van der Waals surface area contributed by atoms with Gasteiger partial charge in [0, 0.05) is 6.42 Å². The van der Waals surface area contributed by atoms with E-state index in [-0.39, 0.29) is 17.3 Å². The number of carbonyl (C=O) groups is 2. The zero-order chi connectivity index (χ0) is 22.8. The SMILES string of the molecule is CC12CCC3C4CCC(=O)C=C4CCC3C1CCC2OC1OC(C(=O)O)C(O)C(O)C1O. The molecule has 1 aliphatic heterocycles. The number of carboxylic acid groups (broad SMARTS) is 1. The average Bonchev–Trinajstić information content (AvgIpc) is 3.09. The molecule has 0 aromatic rings. The third-order valence-corrected chi connectivity index (χ3v) is 9.32. The Labute approximate surface area is 187 Å². The fourth-order valence-corrected chi connectivity index (χ4v) is 7.68. The van der Waals surface area contributed by atoms with E-state index in [4.69, 9.17) is 9.47 Å². The summed E-state index contributed by atoms with van der Waals surface area (Å²) in [5.41, 5.74) is 1.23. The maximum atomic E-state index is 11.9. The number of allylic oxidation sites excluding steroid dienone is 1. The molecule has 1 heterocycles. The van der Waals surface area contributed by atoms with Gasteiger partial charge in [0.2, 0.25) is 0 Å².